The molecule has 4 aromatic heterocycles. The van der Waals surface area contributed by atoms with Crippen LogP contribution in [0.3, 0.4) is 0 Å². The fraction of sp³-hybridized carbons (Fsp3) is 0.500. The van der Waals surface area contributed by atoms with Crippen LogP contribution in [0.1, 0.15) is 79.5 Å². The van der Waals surface area contributed by atoms with E-state index in [1.165, 1.54) is 44.0 Å². The van der Waals surface area contributed by atoms with E-state index >= 15 is 4.39 Å². The number of aryl methyl sites for hydroxylation is 1. The number of nitrogens with one attached hydrogen (secondary N) is 2. The van der Waals surface area contributed by atoms with Gasteiger partial charge in [-0.05, 0) is 69.7 Å². The zero-order valence-corrected chi connectivity index (χ0v) is 31.8. The summed E-state index contributed by atoms with van der Waals surface area (Å²) >= 11 is 0. The number of benzene rings is 1. The number of ether oxygens (including phenoxy) is 1. The molecule has 2 N–H and O–H groups in total. The number of alkyl halides is 3. The average molecular weight is 792 g/mol. The molecule has 3 fully saturated rings. The first-order valence-electron chi connectivity index (χ1n) is 19.1. The highest BCUT2D eigenvalue weighted by Crippen LogP contribution is 2.40. The quantitative estimate of drug-likeness (QED) is 0.197. The van der Waals surface area contributed by atoms with Crippen LogP contribution in [-0.4, -0.2) is 102 Å². The van der Waals surface area contributed by atoms with Gasteiger partial charge in [0, 0.05) is 51.2 Å². The number of imide groups is 1. The fourth-order valence-corrected chi connectivity index (χ4v) is 8.89. The molecule has 0 radical (unpaired) electrons. The van der Waals surface area contributed by atoms with Gasteiger partial charge in [-0.25, -0.2) is 27.5 Å². The zero-order chi connectivity index (χ0) is 40.1. The summed E-state index contributed by atoms with van der Waals surface area (Å²) in [6.45, 7) is 1.22. The minimum atomic E-state index is -2.89. The molecule has 3 atom stereocenters. The summed E-state index contributed by atoms with van der Waals surface area (Å²) in [5, 5.41) is 13.2. The number of hydrogen-bond donors (Lipinski definition) is 2. The monoisotopic (exact) mass is 791 g/mol. The molecule has 1 aromatic carbocycles. The van der Waals surface area contributed by atoms with Crippen molar-refractivity contribution < 1.29 is 32.3 Å². The van der Waals surface area contributed by atoms with Crippen LogP contribution in [0.5, 0.6) is 5.75 Å². The summed E-state index contributed by atoms with van der Waals surface area (Å²) in [5.41, 5.74) is 1.08. The third-order valence-electron chi connectivity index (χ3n) is 11.8. The normalized spacial score (nSPS) is 23.2. The van der Waals surface area contributed by atoms with Crippen molar-refractivity contribution in [1.82, 2.24) is 43.7 Å². The number of carbonyl (C=O) groups excluding carboxylic acids is 3. The summed E-state index contributed by atoms with van der Waals surface area (Å²) < 4.78 is 55.9. The number of methoxy groups -OCH3 is 1. The zero-order valence-electron chi connectivity index (χ0n) is 31.8. The summed E-state index contributed by atoms with van der Waals surface area (Å²) in [7, 11) is 5.06. The van der Waals surface area contributed by atoms with Gasteiger partial charge in [-0.15, -0.1) is 0 Å². The van der Waals surface area contributed by atoms with Crippen molar-refractivity contribution in [2.75, 3.05) is 44.0 Å². The summed E-state index contributed by atoms with van der Waals surface area (Å²) in [4.78, 5) is 59.4. The number of aromatic nitrogens is 7. The maximum atomic E-state index is 16.2. The Morgan fingerprint density at radius 1 is 1.12 bits per heavy atom. The predicted molar refractivity (Wildman–Crippen MR) is 202 cm³/mol. The Morgan fingerprint density at radius 3 is 2.63 bits per heavy atom. The molecule has 0 spiro atoms. The van der Waals surface area contributed by atoms with Crippen molar-refractivity contribution in [2.45, 2.75) is 75.7 Å². The molecule has 1 aliphatic carbocycles. The topological polar surface area (TPSA) is 166 Å². The molecule has 0 bridgehead atoms. The third kappa shape index (κ3) is 7.01. The van der Waals surface area contributed by atoms with Gasteiger partial charge in [0.05, 0.1) is 42.6 Å². The second kappa shape index (κ2) is 15.3. The number of halogens is 3. The van der Waals surface area contributed by atoms with Crippen molar-refractivity contribution in [2.24, 2.45) is 13.0 Å². The van der Waals surface area contributed by atoms with Crippen LogP contribution in [0.25, 0.3) is 16.7 Å². The molecular weight excluding hydrogens is 747 g/mol. The number of piperidine rings is 2. The van der Waals surface area contributed by atoms with Crippen molar-refractivity contribution >= 4 is 45.8 Å². The first-order valence-corrected chi connectivity index (χ1v) is 19.1. The predicted octanol–water partition coefficient (Wildman–Crippen LogP) is 4.04. The maximum Gasteiger partial charge on any atom is 0.329 e. The van der Waals surface area contributed by atoms with Crippen molar-refractivity contribution in [3.63, 3.8) is 0 Å². The van der Waals surface area contributed by atoms with Crippen LogP contribution in [0.2, 0.25) is 0 Å². The van der Waals surface area contributed by atoms with E-state index in [4.69, 9.17) is 4.74 Å². The average Bonchev–Trinajstić information content (AvgIpc) is 3.89. The van der Waals surface area contributed by atoms with Crippen molar-refractivity contribution in [3.8, 4) is 5.75 Å². The standard InChI is InChI=1S/C38H44F3N11O5/c1-47(18-21-5-7-22(8-6-21)51-20-25(31(46-51)34(40)41)44-36(54)23-17-43-50-15-4-14-42-35(23)50)26-13-16-49(19-24(26)39)33-29(57-3)11-9-27-32(33)48(2)38(56)52(27)28-10-12-30(53)45-37(28)55/h4,9,11,14-15,17,20-22,24,26,28,34H,5-8,10,12-13,16,18-19H2,1-3H3,(H,44,54)(H,45,53,55). The molecule has 8 rings (SSSR count). The van der Waals surface area contributed by atoms with Crippen LogP contribution in [0, 0.1) is 5.92 Å². The van der Waals surface area contributed by atoms with Gasteiger partial charge in [-0.3, -0.25) is 33.5 Å². The van der Waals surface area contributed by atoms with E-state index in [1.807, 2.05) is 11.9 Å². The number of fused-ring (bicyclic) bond motifs is 2. The van der Waals surface area contributed by atoms with Gasteiger partial charge in [-0.2, -0.15) is 10.2 Å². The van der Waals surface area contributed by atoms with E-state index in [0.29, 0.717) is 60.5 Å². The molecule has 1 saturated carbocycles. The lowest BCUT2D eigenvalue weighted by Crippen LogP contribution is -2.52. The van der Waals surface area contributed by atoms with Crippen LogP contribution >= 0.6 is 0 Å². The maximum absolute atomic E-state index is 16.2. The van der Waals surface area contributed by atoms with Gasteiger partial charge in [0.25, 0.3) is 12.3 Å². The lowest BCUT2D eigenvalue weighted by molar-refractivity contribution is -0.135. The SMILES string of the molecule is COc1ccc2c(c1N1CCC(N(C)CC3CCC(n4cc(NC(=O)c5cnn6cccnc56)c(C(F)F)n4)CC3)C(F)C1)n(C)c(=O)n2C1CCC(=O)NC1=O. The van der Waals surface area contributed by atoms with E-state index in [9.17, 15) is 28.0 Å². The minimum absolute atomic E-state index is 0.0598. The number of rotatable bonds is 10. The minimum Gasteiger partial charge on any atom is -0.494 e. The third-order valence-corrected chi connectivity index (χ3v) is 11.8. The second-order valence-corrected chi connectivity index (χ2v) is 15.2. The van der Waals surface area contributed by atoms with Gasteiger partial charge < -0.3 is 19.9 Å². The van der Waals surface area contributed by atoms with E-state index in [2.05, 4.69) is 30.7 Å². The molecule has 16 nitrogen and oxygen atoms in total. The van der Waals surface area contributed by atoms with Gasteiger partial charge in [0.15, 0.2) is 11.3 Å². The summed E-state index contributed by atoms with van der Waals surface area (Å²) in [6.07, 6.45) is 5.62. The fourth-order valence-electron chi connectivity index (χ4n) is 8.89. The van der Waals surface area contributed by atoms with E-state index < -0.39 is 41.8 Å². The Morgan fingerprint density at radius 2 is 1.91 bits per heavy atom. The molecule has 3 aliphatic rings. The van der Waals surface area contributed by atoms with Gasteiger partial charge in [-0.1, -0.05) is 0 Å². The molecule has 5 aromatic rings. The highest BCUT2D eigenvalue weighted by atomic mass is 19.3. The lowest BCUT2D eigenvalue weighted by atomic mass is 9.85. The molecule has 302 valence electrons. The number of nitrogens with zero attached hydrogens (tertiary/aromatic N) is 9. The van der Waals surface area contributed by atoms with Crippen LogP contribution in [0.15, 0.2) is 47.8 Å². The molecular formula is C38H44F3N11O5. The highest BCUT2D eigenvalue weighted by molar-refractivity contribution is 6.08. The van der Waals surface area contributed by atoms with Crippen LogP contribution in [-0.2, 0) is 16.6 Å². The number of amides is 3. The molecule has 6 heterocycles. The van der Waals surface area contributed by atoms with Crippen LogP contribution < -0.4 is 26.0 Å². The highest BCUT2D eigenvalue weighted by Gasteiger charge is 2.38. The molecule has 3 amide bonds. The Hall–Kier alpha value is -5.72. The Balaban J connectivity index is 0.907. The molecule has 57 heavy (non-hydrogen) atoms. The number of anilines is 2. The Bertz CT molecular complexity index is 2400. The number of carbonyl (C=O) groups is 3. The number of imidazole rings is 1. The Kier molecular flexibility index (Phi) is 10.3. The summed E-state index contributed by atoms with van der Waals surface area (Å²) in [5.74, 6) is -0.779. The number of hydrogen-bond acceptors (Lipinski definition) is 10. The smallest absolute Gasteiger partial charge is 0.329 e. The van der Waals surface area contributed by atoms with E-state index in [-0.39, 0.29) is 54.5 Å². The lowest BCUT2D eigenvalue weighted by Gasteiger charge is -2.42. The molecule has 2 aliphatic heterocycles. The largest absolute Gasteiger partial charge is 0.494 e. The second-order valence-electron chi connectivity index (χ2n) is 15.2. The first kappa shape index (κ1) is 38.2. The molecule has 2 saturated heterocycles. The van der Waals surface area contributed by atoms with E-state index in [0.717, 1.165) is 12.8 Å². The van der Waals surface area contributed by atoms with Gasteiger partial charge in [0.1, 0.15) is 29.2 Å². The van der Waals surface area contributed by atoms with Crippen molar-refractivity contribution in [1.29, 1.82) is 0 Å². The molecule has 19 heteroatoms. The Labute approximate surface area is 324 Å². The van der Waals surface area contributed by atoms with E-state index in [1.54, 1.807) is 31.4 Å². The van der Waals surface area contributed by atoms with Gasteiger partial charge >= 0.3 is 5.69 Å². The van der Waals surface area contributed by atoms with Crippen LogP contribution in [0.4, 0.5) is 24.5 Å². The summed E-state index contributed by atoms with van der Waals surface area (Å²) in [6, 6.07) is 3.76. The van der Waals surface area contributed by atoms with Crippen molar-refractivity contribution in [3.05, 3.63) is 64.7 Å². The first-order chi connectivity index (χ1) is 27.4. The molecule has 3 unspecified atom stereocenters. The van der Waals surface area contributed by atoms with Gasteiger partial charge in [0.2, 0.25) is 11.8 Å².